The highest BCUT2D eigenvalue weighted by molar-refractivity contribution is 7.85. The van der Waals surface area contributed by atoms with Gasteiger partial charge < -0.3 is 11.1 Å². The first-order valence-corrected chi connectivity index (χ1v) is 6.76. The lowest BCUT2D eigenvalue weighted by Crippen LogP contribution is -2.32. The monoisotopic (exact) mass is 234 g/mol. The molecule has 0 aromatic heterocycles. The van der Waals surface area contributed by atoms with Crippen LogP contribution in [0, 0.1) is 11.8 Å². The van der Waals surface area contributed by atoms with Gasteiger partial charge in [-0.3, -0.25) is 9.00 Å². The van der Waals surface area contributed by atoms with E-state index >= 15 is 0 Å². The van der Waals surface area contributed by atoms with Crippen molar-refractivity contribution in [3.63, 3.8) is 0 Å². The fraction of sp³-hybridized carbons (Fsp3) is 0.900. The largest absolute Gasteiger partial charge is 0.355 e. The van der Waals surface area contributed by atoms with Gasteiger partial charge >= 0.3 is 0 Å². The topological polar surface area (TPSA) is 72.2 Å². The molecule has 0 aliphatic rings. The molecule has 0 aromatic carbocycles. The van der Waals surface area contributed by atoms with Crippen molar-refractivity contribution in [2.45, 2.75) is 20.8 Å². The van der Waals surface area contributed by atoms with E-state index in [0.717, 1.165) is 0 Å². The normalized spacial score (nSPS) is 15.0. The molecular formula is C10H22N2O2S. The van der Waals surface area contributed by atoms with Crippen molar-refractivity contribution in [3.05, 3.63) is 0 Å². The Labute approximate surface area is 94.4 Å². The van der Waals surface area contributed by atoms with Crippen molar-refractivity contribution >= 4 is 16.7 Å². The highest BCUT2D eigenvalue weighted by atomic mass is 32.2. The van der Waals surface area contributed by atoms with E-state index < -0.39 is 10.8 Å². The molecule has 0 radical (unpaired) electrons. The van der Waals surface area contributed by atoms with Crippen molar-refractivity contribution in [2.24, 2.45) is 17.6 Å². The van der Waals surface area contributed by atoms with Gasteiger partial charge in [-0.05, 0) is 18.4 Å². The lowest BCUT2D eigenvalue weighted by atomic mass is 10.2. The number of carbonyl (C=O) groups excluding carboxylic acids is 1. The third-order valence-electron chi connectivity index (χ3n) is 1.87. The molecule has 0 aromatic rings. The molecule has 0 aliphatic heterocycles. The van der Waals surface area contributed by atoms with Crippen LogP contribution in [0.3, 0.4) is 0 Å². The zero-order valence-electron chi connectivity index (χ0n) is 9.79. The van der Waals surface area contributed by atoms with Crippen molar-refractivity contribution in [2.75, 3.05) is 24.6 Å². The minimum absolute atomic E-state index is 0.0943. The Kier molecular flexibility index (Phi) is 7.60. The van der Waals surface area contributed by atoms with Crippen LogP contribution in [0.4, 0.5) is 0 Å². The van der Waals surface area contributed by atoms with Gasteiger partial charge in [-0.1, -0.05) is 20.8 Å². The van der Waals surface area contributed by atoms with Gasteiger partial charge in [0.25, 0.3) is 0 Å². The molecular weight excluding hydrogens is 212 g/mol. The standard InChI is InChI=1S/C10H22N2O2S/c1-8(2)5-12-10(13)7-15(14)6-9(3)4-11/h8-9H,4-7,11H2,1-3H3,(H,12,13). The molecule has 0 spiro atoms. The fourth-order valence-corrected chi connectivity index (χ4v) is 2.24. The summed E-state index contributed by atoms with van der Waals surface area (Å²) in [5.74, 6) is 1.10. The van der Waals surface area contributed by atoms with Crippen LogP contribution in [0.25, 0.3) is 0 Å². The van der Waals surface area contributed by atoms with Gasteiger partial charge in [-0.2, -0.15) is 0 Å². The summed E-state index contributed by atoms with van der Waals surface area (Å²) in [6.07, 6.45) is 0. The number of nitrogens with two attached hydrogens (primary N) is 1. The molecule has 2 atom stereocenters. The number of nitrogens with one attached hydrogen (secondary N) is 1. The van der Waals surface area contributed by atoms with E-state index in [4.69, 9.17) is 5.73 Å². The molecule has 2 unspecified atom stereocenters. The van der Waals surface area contributed by atoms with Gasteiger partial charge in [0.15, 0.2) is 0 Å². The summed E-state index contributed by atoms with van der Waals surface area (Å²) in [6.45, 7) is 7.13. The van der Waals surface area contributed by atoms with Crippen LogP contribution in [0.2, 0.25) is 0 Å². The zero-order chi connectivity index (χ0) is 11.8. The summed E-state index contributed by atoms with van der Waals surface area (Å²) in [5.41, 5.74) is 5.41. The molecule has 15 heavy (non-hydrogen) atoms. The highest BCUT2D eigenvalue weighted by Crippen LogP contribution is 1.96. The van der Waals surface area contributed by atoms with E-state index in [-0.39, 0.29) is 17.6 Å². The minimum atomic E-state index is -1.09. The van der Waals surface area contributed by atoms with E-state index in [1.165, 1.54) is 0 Å². The average molecular weight is 234 g/mol. The summed E-state index contributed by atoms with van der Waals surface area (Å²) < 4.78 is 11.5. The van der Waals surface area contributed by atoms with Crippen LogP contribution in [0.5, 0.6) is 0 Å². The van der Waals surface area contributed by atoms with Crippen LogP contribution in [0.15, 0.2) is 0 Å². The number of hydrogen-bond donors (Lipinski definition) is 2. The molecule has 90 valence electrons. The van der Waals surface area contributed by atoms with Crippen LogP contribution in [-0.2, 0) is 15.6 Å². The van der Waals surface area contributed by atoms with Gasteiger partial charge in [0.05, 0.1) is 0 Å². The Morgan fingerprint density at radius 2 is 2.00 bits per heavy atom. The van der Waals surface area contributed by atoms with E-state index in [9.17, 15) is 9.00 Å². The quantitative estimate of drug-likeness (QED) is 0.656. The number of rotatable bonds is 7. The van der Waals surface area contributed by atoms with Crippen LogP contribution < -0.4 is 11.1 Å². The Morgan fingerprint density at radius 1 is 1.40 bits per heavy atom. The Hall–Kier alpha value is -0.420. The van der Waals surface area contributed by atoms with Crippen LogP contribution in [0.1, 0.15) is 20.8 Å². The SMILES string of the molecule is CC(C)CNC(=O)CS(=O)CC(C)CN. The predicted molar refractivity (Wildman–Crippen MR) is 63.9 cm³/mol. The maximum absolute atomic E-state index is 11.5. The summed E-state index contributed by atoms with van der Waals surface area (Å²) in [6, 6.07) is 0. The summed E-state index contributed by atoms with van der Waals surface area (Å²) >= 11 is 0. The fourth-order valence-electron chi connectivity index (χ4n) is 0.960. The first kappa shape index (κ1) is 14.6. The van der Waals surface area contributed by atoms with E-state index in [0.29, 0.717) is 24.8 Å². The first-order chi connectivity index (χ1) is 6.95. The lowest BCUT2D eigenvalue weighted by molar-refractivity contribution is -0.118. The molecule has 0 saturated heterocycles. The van der Waals surface area contributed by atoms with Gasteiger partial charge in [0.1, 0.15) is 5.75 Å². The molecule has 0 rings (SSSR count). The summed E-state index contributed by atoms with van der Waals surface area (Å²) in [4.78, 5) is 11.3. The van der Waals surface area contributed by atoms with Crippen LogP contribution >= 0.6 is 0 Å². The van der Waals surface area contributed by atoms with Crippen molar-refractivity contribution < 1.29 is 9.00 Å². The molecule has 1 amide bonds. The van der Waals surface area contributed by atoms with Crippen molar-refractivity contribution in [3.8, 4) is 0 Å². The minimum Gasteiger partial charge on any atom is -0.355 e. The molecule has 5 heteroatoms. The second kappa shape index (κ2) is 7.82. The average Bonchev–Trinajstić information content (AvgIpc) is 2.14. The number of carbonyl (C=O) groups is 1. The molecule has 3 N–H and O–H groups in total. The van der Waals surface area contributed by atoms with E-state index in [2.05, 4.69) is 5.32 Å². The molecule has 0 saturated carbocycles. The molecule has 4 nitrogen and oxygen atoms in total. The second-order valence-corrected chi connectivity index (χ2v) is 5.79. The summed E-state index contributed by atoms with van der Waals surface area (Å²) in [7, 11) is -1.09. The Bertz CT molecular complexity index is 219. The second-order valence-electron chi connectivity index (χ2n) is 4.29. The van der Waals surface area contributed by atoms with Crippen molar-refractivity contribution in [1.29, 1.82) is 0 Å². The molecule has 0 bridgehead atoms. The van der Waals surface area contributed by atoms with Gasteiger partial charge in [0.2, 0.25) is 5.91 Å². The number of amides is 1. The molecule has 0 fully saturated rings. The molecule has 0 aliphatic carbocycles. The predicted octanol–water partition coefficient (Wildman–Crippen LogP) is 0.102. The van der Waals surface area contributed by atoms with Gasteiger partial charge in [-0.15, -0.1) is 0 Å². The maximum Gasteiger partial charge on any atom is 0.232 e. The van der Waals surface area contributed by atoms with E-state index in [1.54, 1.807) is 0 Å². The van der Waals surface area contributed by atoms with Gasteiger partial charge in [-0.25, -0.2) is 0 Å². The third kappa shape index (κ3) is 8.57. The Morgan fingerprint density at radius 3 is 2.47 bits per heavy atom. The third-order valence-corrected chi connectivity index (χ3v) is 3.40. The van der Waals surface area contributed by atoms with Crippen LogP contribution in [-0.4, -0.2) is 34.7 Å². The van der Waals surface area contributed by atoms with Crippen molar-refractivity contribution in [1.82, 2.24) is 5.32 Å². The Balaban J connectivity index is 3.72. The zero-order valence-corrected chi connectivity index (χ0v) is 10.6. The van der Waals surface area contributed by atoms with Gasteiger partial charge in [0, 0.05) is 23.1 Å². The number of hydrogen-bond acceptors (Lipinski definition) is 3. The highest BCUT2D eigenvalue weighted by Gasteiger charge is 2.10. The maximum atomic E-state index is 11.5. The lowest BCUT2D eigenvalue weighted by Gasteiger charge is -2.09. The smallest absolute Gasteiger partial charge is 0.232 e. The van der Waals surface area contributed by atoms with E-state index in [1.807, 2.05) is 20.8 Å². The first-order valence-electron chi connectivity index (χ1n) is 5.27. The summed E-state index contributed by atoms with van der Waals surface area (Å²) in [5, 5.41) is 2.74. The molecule has 0 heterocycles.